The van der Waals surface area contributed by atoms with Gasteiger partial charge in [0.05, 0.1) is 27.1 Å². The SMILES string of the molecule is CC1(C)CN(c2ccccc2NC(=O)Nc2ccc(OC(F)(F)F)cc2)c2c(O)cc(F)c(-c3ncc(Br)cn3)c21. The summed E-state index contributed by atoms with van der Waals surface area (Å²) in [6.45, 7) is 4.13. The topological polar surface area (TPSA) is 99.6 Å². The van der Waals surface area contributed by atoms with Gasteiger partial charge in [-0.15, -0.1) is 13.2 Å². The number of hydrogen-bond acceptors (Lipinski definition) is 6. The lowest BCUT2D eigenvalue weighted by Crippen LogP contribution is -2.27. The number of amides is 2. The van der Waals surface area contributed by atoms with Crippen LogP contribution in [0.3, 0.4) is 0 Å². The summed E-state index contributed by atoms with van der Waals surface area (Å²) in [7, 11) is 0. The minimum Gasteiger partial charge on any atom is -0.506 e. The van der Waals surface area contributed by atoms with Gasteiger partial charge in [0.1, 0.15) is 17.3 Å². The van der Waals surface area contributed by atoms with Crippen LogP contribution in [-0.4, -0.2) is 34.0 Å². The van der Waals surface area contributed by atoms with Gasteiger partial charge in [-0.05, 0) is 52.3 Å². The van der Waals surface area contributed by atoms with Gasteiger partial charge in [-0.1, -0.05) is 26.0 Å². The lowest BCUT2D eigenvalue weighted by molar-refractivity contribution is -0.274. The molecule has 1 aliphatic rings. The highest BCUT2D eigenvalue weighted by atomic mass is 79.9. The monoisotopic (exact) mass is 631 g/mol. The fourth-order valence-electron chi connectivity index (χ4n) is 4.82. The predicted molar refractivity (Wildman–Crippen MR) is 149 cm³/mol. The smallest absolute Gasteiger partial charge is 0.506 e. The number of aromatic hydroxyl groups is 1. The number of nitrogens with one attached hydrogen (secondary N) is 2. The van der Waals surface area contributed by atoms with E-state index in [4.69, 9.17) is 0 Å². The van der Waals surface area contributed by atoms with Crippen LogP contribution in [0, 0.1) is 5.82 Å². The van der Waals surface area contributed by atoms with E-state index in [2.05, 4.69) is 41.3 Å². The largest absolute Gasteiger partial charge is 0.573 e. The molecule has 5 rings (SSSR count). The Morgan fingerprint density at radius 2 is 1.73 bits per heavy atom. The number of nitrogens with zero attached hydrogens (tertiary/aromatic N) is 3. The van der Waals surface area contributed by atoms with Crippen molar-refractivity contribution in [3.63, 3.8) is 0 Å². The number of anilines is 4. The first-order chi connectivity index (χ1) is 19.3. The van der Waals surface area contributed by atoms with Gasteiger partial charge >= 0.3 is 12.4 Å². The quantitative estimate of drug-likeness (QED) is 0.195. The van der Waals surface area contributed by atoms with E-state index in [0.717, 1.165) is 18.2 Å². The van der Waals surface area contributed by atoms with E-state index >= 15 is 4.39 Å². The van der Waals surface area contributed by atoms with Gasteiger partial charge in [0.2, 0.25) is 0 Å². The number of carbonyl (C=O) groups is 1. The van der Waals surface area contributed by atoms with Crippen LogP contribution in [-0.2, 0) is 5.41 Å². The molecule has 0 radical (unpaired) electrons. The minimum absolute atomic E-state index is 0.161. The summed E-state index contributed by atoms with van der Waals surface area (Å²) in [6, 6.07) is 11.9. The van der Waals surface area contributed by atoms with Crippen molar-refractivity contribution in [2.75, 3.05) is 22.1 Å². The number of ether oxygens (including phenoxy) is 1. The van der Waals surface area contributed by atoms with Gasteiger partial charge in [0, 0.05) is 41.7 Å². The number of phenolic OH excluding ortho intramolecular Hbond substituents is 1. The Kier molecular flexibility index (Phi) is 7.24. The zero-order chi connectivity index (χ0) is 29.5. The maximum absolute atomic E-state index is 15.3. The van der Waals surface area contributed by atoms with Gasteiger partial charge in [0.25, 0.3) is 0 Å². The Bertz CT molecular complexity index is 1610. The van der Waals surface area contributed by atoms with E-state index in [9.17, 15) is 23.1 Å². The van der Waals surface area contributed by atoms with Crippen molar-refractivity contribution in [1.29, 1.82) is 0 Å². The number of halogens is 5. The van der Waals surface area contributed by atoms with Crippen LogP contribution >= 0.6 is 15.9 Å². The van der Waals surface area contributed by atoms with E-state index in [-0.39, 0.29) is 22.8 Å². The third-order valence-electron chi connectivity index (χ3n) is 6.36. The third kappa shape index (κ3) is 5.89. The van der Waals surface area contributed by atoms with Crippen molar-refractivity contribution in [2.24, 2.45) is 0 Å². The van der Waals surface area contributed by atoms with Crippen molar-refractivity contribution in [2.45, 2.75) is 25.6 Å². The lowest BCUT2D eigenvalue weighted by Gasteiger charge is -2.25. The molecule has 0 aliphatic carbocycles. The molecule has 0 bridgehead atoms. The first kappa shape index (κ1) is 28.1. The Labute approximate surface area is 240 Å². The van der Waals surface area contributed by atoms with E-state index in [1.165, 1.54) is 24.5 Å². The first-order valence-corrected chi connectivity index (χ1v) is 13.0. The van der Waals surface area contributed by atoms with E-state index in [1.54, 1.807) is 29.2 Å². The van der Waals surface area contributed by atoms with Crippen molar-refractivity contribution < 1.29 is 32.2 Å². The van der Waals surface area contributed by atoms with E-state index < -0.39 is 29.4 Å². The highest BCUT2D eigenvalue weighted by Gasteiger charge is 2.42. The molecule has 2 heterocycles. The molecular formula is C28H22BrF4N5O3. The number of carbonyl (C=O) groups excluding carboxylic acids is 1. The molecule has 41 heavy (non-hydrogen) atoms. The zero-order valence-electron chi connectivity index (χ0n) is 21.6. The number of alkyl halides is 3. The molecule has 2 amide bonds. The Morgan fingerprint density at radius 3 is 2.39 bits per heavy atom. The molecule has 13 heteroatoms. The number of para-hydroxylation sites is 2. The number of aromatic nitrogens is 2. The summed E-state index contributed by atoms with van der Waals surface area (Å²) in [5.74, 6) is -1.22. The van der Waals surface area contributed by atoms with Gasteiger partial charge in [-0.2, -0.15) is 0 Å². The molecule has 0 unspecified atom stereocenters. The fourth-order valence-corrected chi connectivity index (χ4v) is 5.02. The molecule has 0 spiro atoms. The summed E-state index contributed by atoms with van der Waals surface area (Å²) in [5, 5.41) is 16.2. The Hall–Kier alpha value is -4.39. The van der Waals surface area contributed by atoms with Crippen LogP contribution in [0.5, 0.6) is 11.5 Å². The van der Waals surface area contributed by atoms with Gasteiger partial charge in [-0.25, -0.2) is 19.2 Å². The molecule has 3 N–H and O–H groups in total. The predicted octanol–water partition coefficient (Wildman–Crippen LogP) is 7.72. The Morgan fingerprint density at radius 1 is 1.07 bits per heavy atom. The van der Waals surface area contributed by atoms with Crippen molar-refractivity contribution in [1.82, 2.24) is 9.97 Å². The van der Waals surface area contributed by atoms with Crippen molar-refractivity contribution in [3.05, 3.63) is 82.8 Å². The van der Waals surface area contributed by atoms with Gasteiger partial charge in [-0.3, -0.25) is 0 Å². The van der Waals surface area contributed by atoms with Crippen LogP contribution in [0.1, 0.15) is 19.4 Å². The molecule has 4 aromatic rings. The van der Waals surface area contributed by atoms with Crippen LogP contribution in [0.2, 0.25) is 0 Å². The highest BCUT2D eigenvalue weighted by molar-refractivity contribution is 9.10. The van der Waals surface area contributed by atoms with Gasteiger partial charge in [0.15, 0.2) is 5.82 Å². The average molecular weight is 632 g/mol. The van der Waals surface area contributed by atoms with Crippen LogP contribution < -0.4 is 20.3 Å². The van der Waals surface area contributed by atoms with Crippen LogP contribution in [0.4, 0.5) is 45.1 Å². The average Bonchev–Trinajstić information content (AvgIpc) is 3.17. The summed E-state index contributed by atoms with van der Waals surface area (Å²) < 4.78 is 57.1. The second kappa shape index (κ2) is 10.5. The summed E-state index contributed by atoms with van der Waals surface area (Å²) in [4.78, 5) is 23.2. The lowest BCUT2D eigenvalue weighted by atomic mass is 9.83. The summed E-state index contributed by atoms with van der Waals surface area (Å²) >= 11 is 3.28. The second-order valence-electron chi connectivity index (χ2n) is 9.84. The maximum atomic E-state index is 15.3. The highest BCUT2D eigenvalue weighted by Crippen LogP contribution is 2.54. The summed E-state index contributed by atoms with van der Waals surface area (Å²) in [6.07, 6.45) is -1.81. The minimum atomic E-state index is -4.83. The molecule has 0 saturated carbocycles. The second-order valence-corrected chi connectivity index (χ2v) is 10.8. The molecule has 212 valence electrons. The molecule has 0 fully saturated rings. The summed E-state index contributed by atoms with van der Waals surface area (Å²) in [5.41, 5.74) is 1.48. The molecule has 0 saturated heterocycles. The van der Waals surface area contributed by atoms with E-state index in [0.29, 0.717) is 33.6 Å². The maximum Gasteiger partial charge on any atom is 0.573 e. The number of benzene rings is 3. The molecule has 1 aliphatic heterocycles. The number of urea groups is 1. The van der Waals surface area contributed by atoms with Gasteiger partial charge < -0.3 is 25.4 Å². The number of fused-ring (bicyclic) bond motifs is 1. The fraction of sp³-hybridized carbons (Fsp3) is 0.179. The van der Waals surface area contributed by atoms with E-state index in [1.807, 2.05) is 13.8 Å². The van der Waals surface area contributed by atoms with Crippen molar-refractivity contribution in [3.8, 4) is 22.9 Å². The molecular weight excluding hydrogens is 610 g/mol. The first-order valence-electron chi connectivity index (χ1n) is 12.2. The standard InChI is InChI=1S/C28H22BrF4N5O3/c1-27(2)14-38(24-21(39)11-18(30)22(23(24)27)25-34-12-15(29)13-35-25)20-6-4-3-5-19(20)37-26(40)36-16-7-9-17(10-8-16)41-28(31,32)33/h3-13,39H,14H2,1-2H3,(H2,36,37,40). The normalized spacial score (nSPS) is 14.0. The Balaban J connectivity index is 1.46. The molecule has 3 aromatic carbocycles. The third-order valence-corrected chi connectivity index (χ3v) is 6.77. The van der Waals surface area contributed by atoms with Crippen LogP contribution in [0.15, 0.2) is 71.5 Å². The van der Waals surface area contributed by atoms with Crippen molar-refractivity contribution >= 4 is 44.7 Å². The van der Waals surface area contributed by atoms with Crippen LogP contribution in [0.25, 0.3) is 11.4 Å². The zero-order valence-corrected chi connectivity index (χ0v) is 23.1. The molecule has 0 atom stereocenters. The number of rotatable bonds is 5. The number of hydrogen-bond donors (Lipinski definition) is 3. The molecule has 1 aromatic heterocycles. The molecule has 8 nitrogen and oxygen atoms in total. The number of phenols is 1.